The number of nitrogens with one attached hydrogen (secondary N) is 2. The Hall–Kier alpha value is -3.10. The third kappa shape index (κ3) is 2.87. The number of rotatable bonds is 2. The Morgan fingerprint density at radius 1 is 1.25 bits per heavy atom. The zero-order valence-corrected chi connectivity index (χ0v) is 12.3. The second-order valence-electron chi connectivity index (χ2n) is 5.15. The smallest absolute Gasteiger partial charge is 0.319 e. The highest BCUT2D eigenvalue weighted by atomic mass is 19.4. The van der Waals surface area contributed by atoms with Crippen molar-refractivity contribution in [1.29, 1.82) is 0 Å². The number of pyridine rings is 1. The van der Waals surface area contributed by atoms with Gasteiger partial charge in [0.2, 0.25) is 0 Å². The van der Waals surface area contributed by atoms with Crippen LogP contribution in [0, 0.1) is 0 Å². The first-order chi connectivity index (χ1) is 11.3. The quantitative estimate of drug-likeness (QED) is 0.755. The van der Waals surface area contributed by atoms with E-state index >= 15 is 0 Å². The lowest BCUT2D eigenvalue weighted by Gasteiger charge is -2.07. The van der Waals surface area contributed by atoms with Crippen LogP contribution < -0.4 is 10.9 Å². The van der Waals surface area contributed by atoms with Crippen molar-refractivity contribution < 1.29 is 18.0 Å². The molecule has 1 amide bonds. The van der Waals surface area contributed by atoms with Crippen LogP contribution in [-0.4, -0.2) is 20.7 Å². The number of fused-ring (bicyclic) bond motifs is 1. The third-order valence-corrected chi connectivity index (χ3v) is 3.49. The summed E-state index contributed by atoms with van der Waals surface area (Å²) in [6, 6.07) is 5.61. The molecular formula is C15H11F3N4O2. The van der Waals surface area contributed by atoms with Gasteiger partial charge in [-0.2, -0.15) is 18.3 Å². The van der Waals surface area contributed by atoms with Crippen molar-refractivity contribution >= 4 is 22.6 Å². The number of benzene rings is 1. The topological polar surface area (TPSA) is 79.8 Å². The van der Waals surface area contributed by atoms with Gasteiger partial charge in [-0.05, 0) is 24.3 Å². The highest BCUT2D eigenvalue weighted by molar-refractivity contribution is 6.07. The van der Waals surface area contributed by atoms with E-state index in [2.05, 4.69) is 15.5 Å². The van der Waals surface area contributed by atoms with Crippen LogP contribution in [0.25, 0.3) is 10.9 Å². The summed E-state index contributed by atoms with van der Waals surface area (Å²) in [7, 11) is 1.53. The molecule has 0 aliphatic rings. The van der Waals surface area contributed by atoms with Crippen LogP contribution in [0.4, 0.5) is 19.0 Å². The normalized spacial score (nSPS) is 11.7. The lowest BCUT2D eigenvalue weighted by Crippen LogP contribution is -2.20. The molecule has 0 saturated heterocycles. The van der Waals surface area contributed by atoms with Gasteiger partial charge in [0.25, 0.3) is 11.5 Å². The molecule has 0 atom stereocenters. The van der Waals surface area contributed by atoms with E-state index in [0.717, 1.165) is 18.2 Å². The van der Waals surface area contributed by atoms with E-state index in [1.54, 1.807) is 0 Å². The molecule has 0 fully saturated rings. The summed E-state index contributed by atoms with van der Waals surface area (Å²) in [4.78, 5) is 23.7. The van der Waals surface area contributed by atoms with Crippen molar-refractivity contribution in [1.82, 2.24) is 14.8 Å². The molecule has 3 rings (SSSR count). The first-order valence-electron chi connectivity index (χ1n) is 6.79. The minimum absolute atomic E-state index is 0.0400. The Bertz CT molecular complexity index is 988. The number of amides is 1. The zero-order valence-electron chi connectivity index (χ0n) is 12.3. The Balaban J connectivity index is 1.96. The number of carbonyl (C=O) groups is 1. The van der Waals surface area contributed by atoms with Crippen molar-refractivity contribution in [2.75, 3.05) is 5.32 Å². The van der Waals surface area contributed by atoms with Gasteiger partial charge in [0.1, 0.15) is 0 Å². The minimum Gasteiger partial charge on any atom is -0.319 e. The fraction of sp³-hybridized carbons (Fsp3) is 0.133. The first kappa shape index (κ1) is 15.8. The van der Waals surface area contributed by atoms with E-state index in [1.807, 2.05) is 0 Å². The molecule has 0 aliphatic carbocycles. The fourth-order valence-corrected chi connectivity index (χ4v) is 2.16. The van der Waals surface area contributed by atoms with Crippen molar-refractivity contribution in [2.45, 2.75) is 6.18 Å². The highest BCUT2D eigenvalue weighted by Crippen LogP contribution is 2.32. The molecule has 0 bridgehead atoms. The average Bonchev–Trinajstić information content (AvgIpc) is 2.91. The molecule has 2 heterocycles. The number of hydrogen-bond donors (Lipinski definition) is 2. The molecule has 2 aromatic heterocycles. The maximum atomic E-state index is 12.8. The van der Waals surface area contributed by atoms with Gasteiger partial charge in [-0.25, -0.2) is 0 Å². The molecule has 9 heteroatoms. The molecule has 0 aliphatic heterocycles. The van der Waals surface area contributed by atoms with Gasteiger partial charge >= 0.3 is 6.18 Å². The largest absolute Gasteiger partial charge is 0.416 e. The maximum absolute atomic E-state index is 12.8. The number of H-pyrrole nitrogens is 1. The number of alkyl halides is 3. The maximum Gasteiger partial charge on any atom is 0.416 e. The molecule has 0 saturated carbocycles. The van der Waals surface area contributed by atoms with Crippen molar-refractivity contribution in [2.24, 2.45) is 7.05 Å². The number of anilines is 1. The summed E-state index contributed by atoms with van der Waals surface area (Å²) in [5.41, 5.74) is -0.794. The van der Waals surface area contributed by atoms with E-state index in [0.29, 0.717) is 5.52 Å². The van der Waals surface area contributed by atoms with Crippen molar-refractivity contribution in [3.05, 3.63) is 58.0 Å². The lowest BCUT2D eigenvalue weighted by atomic mass is 10.1. The molecule has 24 heavy (non-hydrogen) atoms. The van der Waals surface area contributed by atoms with E-state index in [-0.39, 0.29) is 22.3 Å². The summed E-state index contributed by atoms with van der Waals surface area (Å²) in [5.74, 6) is -0.680. The van der Waals surface area contributed by atoms with E-state index in [9.17, 15) is 22.8 Å². The molecule has 1 aromatic carbocycles. The summed E-state index contributed by atoms with van der Waals surface area (Å²) in [6.45, 7) is 0. The zero-order chi connectivity index (χ0) is 17.5. The average molecular weight is 336 g/mol. The first-order valence-corrected chi connectivity index (χ1v) is 6.79. The number of halogens is 3. The minimum atomic E-state index is -4.50. The molecule has 0 unspecified atom stereocenters. The Morgan fingerprint density at radius 3 is 2.67 bits per heavy atom. The molecular weight excluding hydrogens is 325 g/mol. The predicted molar refractivity (Wildman–Crippen MR) is 80.7 cm³/mol. The number of aromatic nitrogens is 3. The lowest BCUT2D eigenvalue weighted by molar-refractivity contribution is -0.137. The van der Waals surface area contributed by atoms with Crippen LogP contribution >= 0.6 is 0 Å². The van der Waals surface area contributed by atoms with Gasteiger partial charge in [0.15, 0.2) is 5.82 Å². The summed E-state index contributed by atoms with van der Waals surface area (Å²) in [5, 5.41) is 8.90. The summed E-state index contributed by atoms with van der Waals surface area (Å²) < 4.78 is 39.7. The van der Waals surface area contributed by atoms with Crippen molar-refractivity contribution in [3.8, 4) is 0 Å². The van der Waals surface area contributed by atoms with Gasteiger partial charge in [0.05, 0.1) is 11.1 Å². The SMILES string of the molecule is Cn1ccc(C(=O)Nc2n[nH]c3ccc(C(F)(F)F)cc23)cc1=O. The molecule has 3 aromatic rings. The van der Waals surface area contributed by atoms with Crippen LogP contribution in [0.1, 0.15) is 15.9 Å². The van der Waals surface area contributed by atoms with Crippen LogP contribution in [0.15, 0.2) is 41.3 Å². The predicted octanol–water partition coefficient (Wildman–Crippen LogP) is 2.53. The summed E-state index contributed by atoms with van der Waals surface area (Å²) in [6.07, 6.45) is -3.08. The number of hydrogen-bond acceptors (Lipinski definition) is 3. The van der Waals surface area contributed by atoms with Gasteiger partial charge in [0, 0.05) is 30.3 Å². The highest BCUT2D eigenvalue weighted by Gasteiger charge is 2.31. The fourth-order valence-electron chi connectivity index (χ4n) is 2.16. The Kier molecular flexibility index (Phi) is 3.63. The van der Waals surface area contributed by atoms with Crippen LogP contribution in [0.2, 0.25) is 0 Å². The van der Waals surface area contributed by atoms with Gasteiger partial charge in [-0.3, -0.25) is 14.7 Å². The molecule has 0 spiro atoms. The van der Waals surface area contributed by atoms with Gasteiger partial charge in [-0.15, -0.1) is 0 Å². The third-order valence-electron chi connectivity index (χ3n) is 3.49. The molecule has 6 nitrogen and oxygen atoms in total. The second-order valence-corrected chi connectivity index (χ2v) is 5.15. The number of aromatic amines is 1. The van der Waals surface area contributed by atoms with Crippen LogP contribution in [0.3, 0.4) is 0 Å². The number of nitrogens with zero attached hydrogens (tertiary/aromatic N) is 2. The number of aryl methyl sites for hydroxylation is 1. The standard InChI is InChI=1S/C15H11F3N4O2/c1-22-5-4-8(6-12(22)23)14(24)19-13-10-7-9(15(16,17)18)2-3-11(10)20-21-13/h2-7H,1H3,(H2,19,20,21,24). The Labute approximate surface area is 132 Å². The Morgan fingerprint density at radius 2 is 2.00 bits per heavy atom. The molecule has 0 radical (unpaired) electrons. The van der Waals surface area contributed by atoms with Crippen LogP contribution in [-0.2, 0) is 13.2 Å². The van der Waals surface area contributed by atoms with Crippen LogP contribution in [0.5, 0.6) is 0 Å². The van der Waals surface area contributed by atoms with E-state index in [4.69, 9.17) is 0 Å². The van der Waals surface area contributed by atoms with Gasteiger partial charge in [-0.1, -0.05) is 0 Å². The van der Waals surface area contributed by atoms with E-state index < -0.39 is 17.6 Å². The van der Waals surface area contributed by atoms with E-state index in [1.165, 1.54) is 29.9 Å². The van der Waals surface area contributed by atoms with Crippen molar-refractivity contribution in [3.63, 3.8) is 0 Å². The monoisotopic (exact) mass is 336 g/mol. The van der Waals surface area contributed by atoms with Gasteiger partial charge < -0.3 is 9.88 Å². The molecule has 2 N–H and O–H groups in total. The summed E-state index contributed by atoms with van der Waals surface area (Å²) >= 11 is 0. The molecule has 124 valence electrons. The number of carbonyl (C=O) groups excluding carboxylic acids is 1. The second kappa shape index (κ2) is 5.52.